The number of methoxy groups -OCH3 is 2. The van der Waals surface area contributed by atoms with Crippen molar-refractivity contribution in [1.29, 1.82) is 0 Å². The van der Waals surface area contributed by atoms with Gasteiger partial charge >= 0.3 is 0 Å². The molecule has 0 aromatic carbocycles. The third-order valence-corrected chi connectivity index (χ3v) is 2.64. The van der Waals surface area contributed by atoms with Crippen LogP contribution in [0.3, 0.4) is 0 Å². The Morgan fingerprint density at radius 2 is 2.06 bits per heavy atom. The molecule has 1 fully saturated rings. The Hall–Kier alpha value is -1.40. The quantitative estimate of drug-likeness (QED) is 0.743. The molecule has 0 radical (unpaired) electrons. The molecule has 0 spiro atoms. The molecule has 1 aliphatic heterocycles. The minimum atomic E-state index is 0.158. The molecule has 88 valence electrons. The Morgan fingerprint density at radius 3 is 2.69 bits per heavy atom. The Balaban J connectivity index is 1.97. The number of anilines is 1. The van der Waals surface area contributed by atoms with E-state index in [4.69, 9.17) is 9.47 Å². The average Bonchev–Trinajstić information content (AvgIpc) is 2.77. The largest absolute Gasteiger partial charge is 0.494 e. The van der Waals surface area contributed by atoms with Gasteiger partial charge in [-0.25, -0.2) is 9.97 Å². The van der Waals surface area contributed by atoms with Crippen LogP contribution in [-0.4, -0.2) is 49.4 Å². The van der Waals surface area contributed by atoms with Crippen LogP contribution in [0.15, 0.2) is 12.4 Å². The Labute approximate surface area is 94.4 Å². The molecule has 1 saturated heterocycles. The third kappa shape index (κ3) is 2.40. The van der Waals surface area contributed by atoms with Gasteiger partial charge in [-0.3, -0.25) is 0 Å². The summed E-state index contributed by atoms with van der Waals surface area (Å²) in [5.41, 5.74) is 0. The second-order valence-corrected chi connectivity index (χ2v) is 3.63. The molecule has 0 bridgehead atoms. The number of hydrogen-bond acceptors (Lipinski definition) is 6. The molecular formula is C10H16N4O2. The van der Waals surface area contributed by atoms with Gasteiger partial charge in [-0.05, 0) is 0 Å². The van der Waals surface area contributed by atoms with Crippen molar-refractivity contribution >= 4 is 5.95 Å². The van der Waals surface area contributed by atoms with E-state index in [1.165, 1.54) is 0 Å². The van der Waals surface area contributed by atoms with Gasteiger partial charge in [-0.15, -0.1) is 0 Å². The van der Waals surface area contributed by atoms with Gasteiger partial charge in [0.15, 0.2) is 5.75 Å². The second-order valence-electron chi connectivity index (χ2n) is 3.63. The van der Waals surface area contributed by atoms with E-state index < -0.39 is 0 Å². The average molecular weight is 224 g/mol. The highest BCUT2D eigenvalue weighted by atomic mass is 16.5. The fourth-order valence-corrected chi connectivity index (χ4v) is 1.71. The standard InChI is InChI=1S/C10H16N4O2/c1-15-7-3-12-10(13-4-7)14-8-5-11-6-9(8)16-2/h3-4,8-9,11H,5-6H2,1-2H3,(H,12,13,14)/t8?,9-/m0/s1. The highest BCUT2D eigenvalue weighted by Crippen LogP contribution is 2.11. The van der Waals surface area contributed by atoms with Gasteiger partial charge in [-0.2, -0.15) is 0 Å². The van der Waals surface area contributed by atoms with Crippen molar-refractivity contribution in [3.63, 3.8) is 0 Å². The first-order valence-electron chi connectivity index (χ1n) is 5.19. The lowest BCUT2D eigenvalue weighted by Gasteiger charge is -2.18. The maximum absolute atomic E-state index is 5.34. The van der Waals surface area contributed by atoms with Crippen molar-refractivity contribution in [2.75, 3.05) is 32.6 Å². The molecule has 2 atom stereocenters. The van der Waals surface area contributed by atoms with Crippen molar-refractivity contribution in [3.8, 4) is 5.75 Å². The van der Waals surface area contributed by atoms with Crippen LogP contribution in [0.2, 0.25) is 0 Å². The summed E-state index contributed by atoms with van der Waals surface area (Å²) < 4.78 is 10.3. The molecule has 2 heterocycles. The Kier molecular flexibility index (Phi) is 3.53. The second kappa shape index (κ2) is 5.09. The zero-order valence-electron chi connectivity index (χ0n) is 9.43. The lowest BCUT2D eigenvalue weighted by atomic mass is 10.2. The van der Waals surface area contributed by atoms with E-state index in [1.807, 2.05) is 0 Å². The molecule has 2 rings (SSSR count). The molecule has 2 N–H and O–H groups in total. The summed E-state index contributed by atoms with van der Waals surface area (Å²) in [6.45, 7) is 1.71. The summed E-state index contributed by atoms with van der Waals surface area (Å²) in [5, 5.41) is 6.48. The summed E-state index contributed by atoms with van der Waals surface area (Å²) in [6, 6.07) is 0.207. The van der Waals surface area contributed by atoms with E-state index in [1.54, 1.807) is 26.6 Å². The summed E-state index contributed by atoms with van der Waals surface area (Å²) in [7, 11) is 3.30. The molecule has 1 aromatic heterocycles. The van der Waals surface area contributed by atoms with Crippen LogP contribution in [0.25, 0.3) is 0 Å². The molecule has 1 aromatic rings. The molecule has 6 heteroatoms. The number of ether oxygens (including phenoxy) is 2. The van der Waals surface area contributed by atoms with Gasteiger partial charge in [0.25, 0.3) is 0 Å². The van der Waals surface area contributed by atoms with Crippen LogP contribution in [0, 0.1) is 0 Å². The maximum Gasteiger partial charge on any atom is 0.223 e. The number of rotatable bonds is 4. The van der Waals surface area contributed by atoms with Gasteiger partial charge in [0, 0.05) is 20.2 Å². The highest BCUT2D eigenvalue weighted by Gasteiger charge is 2.27. The Bertz CT molecular complexity index is 330. The number of nitrogens with one attached hydrogen (secondary N) is 2. The molecule has 6 nitrogen and oxygen atoms in total. The van der Waals surface area contributed by atoms with Gasteiger partial charge < -0.3 is 20.1 Å². The minimum Gasteiger partial charge on any atom is -0.494 e. The fraction of sp³-hybridized carbons (Fsp3) is 0.600. The molecule has 0 amide bonds. The third-order valence-electron chi connectivity index (χ3n) is 2.64. The van der Waals surface area contributed by atoms with Crippen molar-refractivity contribution in [2.45, 2.75) is 12.1 Å². The van der Waals surface area contributed by atoms with Crippen molar-refractivity contribution in [2.24, 2.45) is 0 Å². The number of aromatic nitrogens is 2. The zero-order valence-corrected chi connectivity index (χ0v) is 9.43. The SMILES string of the molecule is COc1cnc(NC2CNC[C@@H]2OC)nc1. The van der Waals surface area contributed by atoms with Gasteiger partial charge in [-0.1, -0.05) is 0 Å². The lowest BCUT2D eigenvalue weighted by molar-refractivity contribution is 0.111. The summed E-state index contributed by atoms with van der Waals surface area (Å²) in [4.78, 5) is 8.30. The van der Waals surface area contributed by atoms with Crippen LogP contribution >= 0.6 is 0 Å². The van der Waals surface area contributed by atoms with E-state index >= 15 is 0 Å². The van der Waals surface area contributed by atoms with Crippen LogP contribution < -0.4 is 15.4 Å². The topological polar surface area (TPSA) is 68.3 Å². The smallest absolute Gasteiger partial charge is 0.223 e. The first kappa shape index (κ1) is 11.1. The zero-order chi connectivity index (χ0) is 11.4. The van der Waals surface area contributed by atoms with Gasteiger partial charge in [0.1, 0.15) is 0 Å². The van der Waals surface area contributed by atoms with E-state index in [0.29, 0.717) is 11.7 Å². The molecular weight excluding hydrogens is 208 g/mol. The fourth-order valence-electron chi connectivity index (χ4n) is 1.71. The van der Waals surface area contributed by atoms with Crippen LogP contribution in [-0.2, 0) is 4.74 Å². The lowest BCUT2D eigenvalue weighted by Crippen LogP contribution is -2.34. The molecule has 1 unspecified atom stereocenters. The monoisotopic (exact) mass is 224 g/mol. The van der Waals surface area contributed by atoms with Crippen molar-refractivity contribution < 1.29 is 9.47 Å². The normalized spacial score (nSPS) is 24.4. The van der Waals surface area contributed by atoms with Crippen LogP contribution in [0.4, 0.5) is 5.95 Å². The van der Waals surface area contributed by atoms with Crippen LogP contribution in [0.5, 0.6) is 5.75 Å². The Morgan fingerprint density at radius 1 is 1.31 bits per heavy atom. The van der Waals surface area contributed by atoms with Gasteiger partial charge in [0.2, 0.25) is 5.95 Å². The van der Waals surface area contributed by atoms with Crippen molar-refractivity contribution in [1.82, 2.24) is 15.3 Å². The highest BCUT2D eigenvalue weighted by molar-refractivity contribution is 5.29. The first-order valence-corrected chi connectivity index (χ1v) is 5.19. The summed E-state index contributed by atoms with van der Waals surface area (Å²) in [6.07, 6.45) is 3.43. The summed E-state index contributed by atoms with van der Waals surface area (Å²) >= 11 is 0. The first-order chi connectivity index (χ1) is 7.83. The van der Waals surface area contributed by atoms with E-state index in [9.17, 15) is 0 Å². The van der Waals surface area contributed by atoms with E-state index in [-0.39, 0.29) is 12.1 Å². The minimum absolute atomic E-state index is 0.158. The molecule has 1 aliphatic rings. The predicted molar refractivity (Wildman–Crippen MR) is 59.7 cm³/mol. The maximum atomic E-state index is 5.34. The predicted octanol–water partition coefficient (Wildman–Crippen LogP) is -0.116. The van der Waals surface area contributed by atoms with E-state index in [0.717, 1.165) is 13.1 Å². The number of nitrogens with zero attached hydrogens (tertiary/aromatic N) is 2. The van der Waals surface area contributed by atoms with E-state index in [2.05, 4.69) is 20.6 Å². The number of hydrogen-bond donors (Lipinski definition) is 2. The molecule has 0 saturated carbocycles. The van der Waals surface area contributed by atoms with Gasteiger partial charge in [0.05, 0.1) is 31.6 Å². The van der Waals surface area contributed by atoms with Crippen LogP contribution in [0.1, 0.15) is 0 Å². The summed E-state index contributed by atoms with van der Waals surface area (Å²) in [5.74, 6) is 1.25. The van der Waals surface area contributed by atoms with Crippen molar-refractivity contribution in [3.05, 3.63) is 12.4 Å². The molecule has 0 aliphatic carbocycles. The molecule has 16 heavy (non-hydrogen) atoms.